The molecular weight excluding hydrogens is 283 g/mol. The maximum Gasteiger partial charge on any atom is 0.471 e. The minimum Gasteiger partial charge on any atom is -0.455 e. The Morgan fingerprint density at radius 1 is 1.05 bits per heavy atom. The fraction of sp³-hybridized carbons (Fsp3) is 0.133. The molecule has 0 unspecified atom stereocenters. The number of anilines is 1. The number of carbonyl (C=O) groups excluding carboxylic acids is 1. The normalized spacial score (nSPS) is 11.0. The largest absolute Gasteiger partial charge is 0.471 e. The number of hydrogen-bond acceptors (Lipinski definition) is 2. The third-order valence-corrected chi connectivity index (χ3v) is 2.64. The Bertz CT molecular complexity index is 636. The molecule has 1 N–H and O–H groups in total. The number of rotatable bonds is 3. The molecule has 0 spiro atoms. The van der Waals surface area contributed by atoms with Crippen LogP contribution in [0.4, 0.5) is 18.9 Å². The van der Waals surface area contributed by atoms with Crippen molar-refractivity contribution in [2.45, 2.75) is 13.1 Å². The van der Waals surface area contributed by atoms with E-state index in [0.717, 1.165) is 5.56 Å². The molecule has 110 valence electrons. The lowest BCUT2D eigenvalue weighted by Crippen LogP contribution is -2.30. The van der Waals surface area contributed by atoms with Crippen LogP contribution >= 0.6 is 0 Å². The molecule has 0 aliphatic heterocycles. The maximum atomic E-state index is 12.3. The summed E-state index contributed by atoms with van der Waals surface area (Å²) in [6, 6.07) is 12.9. The van der Waals surface area contributed by atoms with Gasteiger partial charge >= 0.3 is 12.1 Å². The van der Waals surface area contributed by atoms with Crippen LogP contribution in [-0.4, -0.2) is 12.1 Å². The van der Waals surface area contributed by atoms with Crippen molar-refractivity contribution in [1.29, 1.82) is 0 Å². The molecule has 0 aliphatic rings. The molecule has 0 saturated carbocycles. The van der Waals surface area contributed by atoms with E-state index in [1.807, 2.05) is 19.1 Å². The van der Waals surface area contributed by atoms with Crippen molar-refractivity contribution in [2.24, 2.45) is 0 Å². The molecule has 0 saturated heterocycles. The van der Waals surface area contributed by atoms with Gasteiger partial charge in [0.25, 0.3) is 0 Å². The summed E-state index contributed by atoms with van der Waals surface area (Å²) in [4.78, 5) is 11.0. The maximum absolute atomic E-state index is 12.3. The number of halogens is 3. The van der Waals surface area contributed by atoms with E-state index < -0.39 is 12.1 Å². The minimum absolute atomic E-state index is 0.0413. The summed E-state index contributed by atoms with van der Waals surface area (Å²) in [5, 5.41) is 1.79. The average Bonchev–Trinajstić information content (AvgIpc) is 2.42. The highest BCUT2D eigenvalue weighted by Gasteiger charge is 2.39. The first-order chi connectivity index (χ1) is 9.86. The smallest absolute Gasteiger partial charge is 0.455 e. The summed E-state index contributed by atoms with van der Waals surface area (Å²) >= 11 is 0. The van der Waals surface area contributed by atoms with Crippen LogP contribution in [0.5, 0.6) is 11.5 Å². The molecule has 0 atom stereocenters. The van der Waals surface area contributed by atoms with Gasteiger partial charge in [-0.15, -0.1) is 0 Å². The summed E-state index contributed by atoms with van der Waals surface area (Å²) in [6.07, 6.45) is -4.95. The Labute approximate surface area is 119 Å². The van der Waals surface area contributed by atoms with Crippen LogP contribution in [0.1, 0.15) is 5.56 Å². The monoisotopic (exact) mass is 295 g/mol. The molecule has 2 aromatic rings. The molecule has 3 nitrogen and oxygen atoms in total. The van der Waals surface area contributed by atoms with Crippen LogP contribution in [0.25, 0.3) is 0 Å². The summed E-state index contributed by atoms with van der Waals surface area (Å²) in [6.45, 7) is 1.90. The zero-order valence-electron chi connectivity index (χ0n) is 11.1. The SMILES string of the molecule is Cc1ccc(Oc2ccccc2NC(=O)C(F)(F)F)cc1. The molecule has 0 heterocycles. The van der Waals surface area contributed by atoms with E-state index >= 15 is 0 Å². The number of amides is 1. The third kappa shape index (κ3) is 3.98. The van der Waals surface area contributed by atoms with Gasteiger partial charge in [-0.05, 0) is 31.2 Å². The van der Waals surface area contributed by atoms with Gasteiger partial charge in [0.2, 0.25) is 0 Å². The number of hydrogen-bond donors (Lipinski definition) is 1. The molecule has 6 heteroatoms. The van der Waals surface area contributed by atoms with Gasteiger partial charge < -0.3 is 10.1 Å². The van der Waals surface area contributed by atoms with E-state index in [0.29, 0.717) is 5.75 Å². The van der Waals surface area contributed by atoms with E-state index in [4.69, 9.17) is 4.74 Å². The van der Waals surface area contributed by atoms with Gasteiger partial charge in [0, 0.05) is 0 Å². The van der Waals surface area contributed by atoms with Crippen molar-refractivity contribution < 1.29 is 22.7 Å². The number of nitrogens with one attached hydrogen (secondary N) is 1. The van der Waals surface area contributed by atoms with E-state index in [1.54, 1.807) is 23.5 Å². The summed E-state index contributed by atoms with van der Waals surface area (Å²) < 4.78 is 42.4. The van der Waals surface area contributed by atoms with Crippen molar-refractivity contribution in [3.63, 3.8) is 0 Å². The van der Waals surface area contributed by atoms with Crippen LogP contribution in [0, 0.1) is 6.92 Å². The molecule has 0 aliphatic carbocycles. The Morgan fingerprint density at radius 3 is 2.29 bits per heavy atom. The first-order valence-corrected chi connectivity index (χ1v) is 6.08. The Kier molecular flexibility index (Phi) is 4.16. The number of alkyl halides is 3. The summed E-state index contributed by atoms with van der Waals surface area (Å²) in [7, 11) is 0. The molecule has 0 bridgehead atoms. The van der Waals surface area contributed by atoms with Gasteiger partial charge in [0.15, 0.2) is 5.75 Å². The Balaban J connectivity index is 2.21. The lowest BCUT2D eigenvalue weighted by atomic mass is 10.2. The van der Waals surface area contributed by atoms with Crippen LogP contribution in [-0.2, 0) is 4.79 Å². The molecule has 2 rings (SSSR count). The zero-order valence-corrected chi connectivity index (χ0v) is 11.1. The number of aryl methyl sites for hydroxylation is 1. The van der Waals surface area contributed by atoms with Gasteiger partial charge in [-0.1, -0.05) is 29.8 Å². The van der Waals surface area contributed by atoms with Crippen molar-refractivity contribution in [3.8, 4) is 11.5 Å². The van der Waals surface area contributed by atoms with Gasteiger partial charge in [-0.25, -0.2) is 0 Å². The zero-order chi connectivity index (χ0) is 15.5. The molecule has 21 heavy (non-hydrogen) atoms. The van der Waals surface area contributed by atoms with E-state index in [1.165, 1.54) is 18.2 Å². The van der Waals surface area contributed by atoms with E-state index in [9.17, 15) is 18.0 Å². The molecule has 1 amide bonds. The van der Waals surface area contributed by atoms with E-state index in [2.05, 4.69) is 0 Å². The summed E-state index contributed by atoms with van der Waals surface area (Å²) in [5.74, 6) is -1.43. The molecule has 0 aromatic heterocycles. The minimum atomic E-state index is -4.95. The summed E-state index contributed by atoms with van der Waals surface area (Å²) in [5.41, 5.74) is 0.987. The second-order valence-corrected chi connectivity index (χ2v) is 4.36. The number of ether oxygens (including phenoxy) is 1. The van der Waals surface area contributed by atoms with Gasteiger partial charge in [-0.3, -0.25) is 4.79 Å². The van der Waals surface area contributed by atoms with Crippen LogP contribution < -0.4 is 10.1 Å². The molecule has 2 aromatic carbocycles. The first kappa shape index (κ1) is 14.9. The fourth-order valence-electron chi connectivity index (χ4n) is 1.59. The standard InChI is InChI=1S/C15H12F3NO2/c1-10-6-8-11(9-7-10)21-13-5-3-2-4-12(13)19-14(20)15(16,17)18/h2-9H,1H3,(H,19,20). The van der Waals surface area contributed by atoms with Crippen molar-refractivity contribution in [1.82, 2.24) is 0 Å². The topological polar surface area (TPSA) is 38.3 Å². The van der Waals surface area contributed by atoms with Gasteiger partial charge in [0.05, 0.1) is 5.69 Å². The van der Waals surface area contributed by atoms with Gasteiger partial charge in [-0.2, -0.15) is 13.2 Å². The molecule has 0 radical (unpaired) electrons. The van der Waals surface area contributed by atoms with Gasteiger partial charge in [0.1, 0.15) is 5.75 Å². The van der Waals surface area contributed by atoms with Crippen molar-refractivity contribution >= 4 is 11.6 Å². The predicted molar refractivity (Wildman–Crippen MR) is 72.4 cm³/mol. The second-order valence-electron chi connectivity index (χ2n) is 4.36. The van der Waals surface area contributed by atoms with E-state index in [-0.39, 0.29) is 11.4 Å². The van der Waals surface area contributed by atoms with Crippen LogP contribution in [0.2, 0.25) is 0 Å². The van der Waals surface area contributed by atoms with Crippen LogP contribution in [0.3, 0.4) is 0 Å². The Hall–Kier alpha value is -2.50. The number of carbonyl (C=O) groups is 1. The third-order valence-electron chi connectivity index (χ3n) is 2.64. The van der Waals surface area contributed by atoms with Crippen LogP contribution in [0.15, 0.2) is 48.5 Å². The second kappa shape index (κ2) is 5.87. The van der Waals surface area contributed by atoms with Crippen molar-refractivity contribution in [3.05, 3.63) is 54.1 Å². The highest BCUT2D eigenvalue weighted by atomic mass is 19.4. The molecular formula is C15H12F3NO2. The fourth-order valence-corrected chi connectivity index (χ4v) is 1.59. The highest BCUT2D eigenvalue weighted by Crippen LogP contribution is 2.30. The highest BCUT2D eigenvalue weighted by molar-refractivity contribution is 5.96. The average molecular weight is 295 g/mol. The first-order valence-electron chi connectivity index (χ1n) is 6.08. The Morgan fingerprint density at radius 2 is 1.67 bits per heavy atom. The number of benzene rings is 2. The lowest BCUT2D eigenvalue weighted by Gasteiger charge is -2.13. The quantitative estimate of drug-likeness (QED) is 0.917. The van der Waals surface area contributed by atoms with Crippen molar-refractivity contribution in [2.75, 3.05) is 5.32 Å². The molecule has 0 fully saturated rings. The lowest BCUT2D eigenvalue weighted by molar-refractivity contribution is -0.167. The predicted octanol–water partition coefficient (Wildman–Crippen LogP) is 4.29. The number of para-hydroxylation sites is 2.